The number of aliphatic carboxylic acids is 1. The van der Waals surface area contributed by atoms with Gasteiger partial charge in [-0.25, -0.2) is 9.78 Å². The average molecular weight is 312 g/mol. The van der Waals surface area contributed by atoms with Crippen molar-refractivity contribution in [2.45, 2.75) is 10.8 Å². The zero-order chi connectivity index (χ0) is 13.7. The third kappa shape index (κ3) is 4.70. The molecule has 0 bridgehead atoms. The van der Waals surface area contributed by atoms with Crippen LogP contribution in [0.2, 0.25) is 5.02 Å². The van der Waals surface area contributed by atoms with E-state index in [1.54, 1.807) is 35.4 Å². The molecule has 0 atom stereocenters. The van der Waals surface area contributed by atoms with E-state index in [1.807, 2.05) is 24.3 Å². The van der Waals surface area contributed by atoms with E-state index in [0.29, 0.717) is 5.02 Å². The second-order valence-electron chi connectivity index (χ2n) is 3.58. The van der Waals surface area contributed by atoms with Crippen LogP contribution in [0.15, 0.2) is 41.6 Å². The monoisotopic (exact) mass is 311 g/mol. The Hall–Kier alpha value is -1.30. The first-order valence-electron chi connectivity index (χ1n) is 5.37. The van der Waals surface area contributed by atoms with Crippen molar-refractivity contribution in [2.75, 3.05) is 0 Å². The third-order valence-electron chi connectivity index (χ3n) is 2.14. The van der Waals surface area contributed by atoms with Gasteiger partial charge in [-0.2, -0.15) is 0 Å². The van der Waals surface area contributed by atoms with Crippen molar-refractivity contribution in [1.29, 1.82) is 0 Å². The smallest absolute Gasteiger partial charge is 0.328 e. The number of rotatable bonds is 5. The lowest BCUT2D eigenvalue weighted by Crippen LogP contribution is -1.84. The largest absolute Gasteiger partial charge is 0.478 e. The predicted octanol–water partition coefficient (Wildman–Crippen LogP) is 4.19. The molecule has 98 valence electrons. The minimum absolute atomic E-state index is 0.626. The second kappa shape index (κ2) is 6.75. The minimum atomic E-state index is -0.935. The maximum absolute atomic E-state index is 10.4. The number of hydrogen-bond donors (Lipinski definition) is 1. The summed E-state index contributed by atoms with van der Waals surface area (Å²) < 4.78 is 0. The fraction of sp³-hybridized carbons (Fsp3) is 0.0769. The van der Waals surface area contributed by atoms with Crippen LogP contribution in [0.5, 0.6) is 0 Å². The van der Waals surface area contributed by atoms with Crippen molar-refractivity contribution in [3.8, 4) is 0 Å². The molecule has 2 aromatic heterocycles. The Labute approximate surface area is 124 Å². The Morgan fingerprint density at radius 3 is 2.95 bits per heavy atom. The molecule has 19 heavy (non-hydrogen) atoms. The lowest BCUT2D eigenvalue weighted by atomic mass is 10.4. The molecule has 3 nitrogen and oxygen atoms in total. The van der Waals surface area contributed by atoms with Crippen LogP contribution in [0.4, 0.5) is 0 Å². The predicted molar refractivity (Wildman–Crippen MR) is 79.8 cm³/mol. The number of aromatic nitrogens is 1. The molecule has 0 fully saturated rings. The van der Waals surface area contributed by atoms with E-state index < -0.39 is 5.97 Å². The van der Waals surface area contributed by atoms with E-state index in [-0.39, 0.29) is 0 Å². The van der Waals surface area contributed by atoms with Crippen molar-refractivity contribution < 1.29 is 9.90 Å². The van der Waals surface area contributed by atoms with Crippen molar-refractivity contribution >= 4 is 46.7 Å². The standard InChI is InChI=1S/C13H10ClNO2S2/c14-9-1-5-12(15-7-9)18-8-11-3-2-10(19-11)4-6-13(16)17/h1-7H,8H2,(H,16,17). The Bertz CT molecular complexity index is 593. The van der Waals surface area contributed by atoms with Gasteiger partial charge in [0.1, 0.15) is 0 Å². The summed E-state index contributed by atoms with van der Waals surface area (Å²) >= 11 is 8.96. The molecule has 0 saturated heterocycles. The summed E-state index contributed by atoms with van der Waals surface area (Å²) in [6.07, 6.45) is 4.37. The van der Waals surface area contributed by atoms with Gasteiger partial charge in [0.25, 0.3) is 0 Å². The van der Waals surface area contributed by atoms with E-state index in [0.717, 1.165) is 21.7 Å². The summed E-state index contributed by atoms with van der Waals surface area (Å²) in [6, 6.07) is 7.60. The first kappa shape index (κ1) is 14.1. The summed E-state index contributed by atoms with van der Waals surface area (Å²) in [7, 11) is 0. The number of nitrogens with zero attached hydrogens (tertiary/aromatic N) is 1. The zero-order valence-corrected chi connectivity index (χ0v) is 12.1. The molecule has 0 aliphatic heterocycles. The highest BCUT2D eigenvalue weighted by atomic mass is 35.5. The number of hydrogen-bond acceptors (Lipinski definition) is 4. The van der Waals surface area contributed by atoms with E-state index in [1.165, 1.54) is 4.88 Å². The number of thiophene rings is 1. The fourth-order valence-corrected chi connectivity index (χ4v) is 3.22. The molecule has 0 aliphatic rings. The number of carboxylic acid groups (broad SMARTS) is 1. The molecule has 0 radical (unpaired) electrons. The molecule has 2 aromatic rings. The molecule has 2 rings (SSSR count). The van der Waals surface area contributed by atoms with Gasteiger partial charge < -0.3 is 5.11 Å². The summed E-state index contributed by atoms with van der Waals surface area (Å²) in [4.78, 5) is 16.7. The van der Waals surface area contributed by atoms with Crippen LogP contribution in [-0.4, -0.2) is 16.1 Å². The number of thioether (sulfide) groups is 1. The summed E-state index contributed by atoms with van der Waals surface area (Å²) in [6.45, 7) is 0. The first-order chi connectivity index (χ1) is 9.13. The van der Waals surface area contributed by atoms with E-state index in [4.69, 9.17) is 16.7 Å². The third-order valence-corrected chi connectivity index (χ3v) is 4.58. The molecule has 1 N–H and O–H groups in total. The number of carbonyl (C=O) groups is 1. The SMILES string of the molecule is O=C(O)C=Cc1ccc(CSc2ccc(Cl)cn2)s1. The Kier molecular flexibility index (Phi) is 5.01. The van der Waals surface area contributed by atoms with Crippen molar-refractivity contribution in [2.24, 2.45) is 0 Å². The van der Waals surface area contributed by atoms with Crippen LogP contribution in [0.3, 0.4) is 0 Å². The number of halogens is 1. The van der Waals surface area contributed by atoms with Crippen LogP contribution < -0.4 is 0 Å². The van der Waals surface area contributed by atoms with E-state index in [2.05, 4.69) is 4.98 Å². The van der Waals surface area contributed by atoms with Crippen molar-refractivity contribution in [3.63, 3.8) is 0 Å². The first-order valence-corrected chi connectivity index (χ1v) is 7.55. The van der Waals surface area contributed by atoms with Gasteiger partial charge in [0.15, 0.2) is 0 Å². The average Bonchev–Trinajstić information content (AvgIpc) is 2.84. The maximum atomic E-state index is 10.4. The lowest BCUT2D eigenvalue weighted by Gasteiger charge is -1.98. The van der Waals surface area contributed by atoms with Crippen LogP contribution in [0, 0.1) is 0 Å². The van der Waals surface area contributed by atoms with Gasteiger partial charge in [-0.05, 0) is 30.3 Å². The Morgan fingerprint density at radius 2 is 2.26 bits per heavy atom. The molecule has 0 aromatic carbocycles. The van der Waals surface area contributed by atoms with Crippen LogP contribution >= 0.6 is 34.7 Å². The molecule has 0 spiro atoms. The molecular formula is C13H10ClNO2S2. The fourth-order valence-electron chi connectivity index (χ4n) is 1.31. The molecule has 6 heteroatoms. The maximum Gasteiger partial charge on any atom is 0.328 e. The van der Waals surface area contributed by atoms with Crippen molar-refractivity contribution in [1.82, 2.24) is 4.98 Å². The highest BCUT2D eigenvalue weighted by molar-refractivity contribution is 7.98. The van der Waals surface area contributed by atoms with Gasteiger partial charge in [-0.1, -0.05) is 11.6 Å². The lowest BCUT2D eigenvalue weighted by molar-refractivity contribution is -0.131. The van der Waals surface area contributed by atoms with Gasteiger partial charge in [0.05, 0.1) is 10.0 Å². The molecule has 0 saturated carbocycles. The number of pyridine rings is 1. The zero-order valence-electron chi connectivity index (χ0n) is 9.75. The molecule has 0 amide bonds. The van der Waals surface area contributed by atoms with Gasteiger partial charge in [0, 0.05) is 27.8 Å². The van der Waals surface area contributed by atoms with Gasteiger partial charge in [0.2, 0.25) is 0 Å². The van der Waals surface area contributed by atoms with Crippen LogP contribution in [0.1, 0.15) is 9.75 Å². The van der Waals surface area contributed by atoms with Gasteiger partial charge in [-0.15, -0.1) is 23.1 Å². The summed E-state index contributed by atoms with van der Waals surface area (Å²) in [5.41, 5.74) is 0. The summed E-state index contributed by atoms with van der Waals surface area (Å²) in [5.74, 6) is -0.130. The van der Waals surface area contributed by atoms with Crippen LogP contribution in [0.25, 0.3) is 6.08 Å². The molecule has 0 aliphatic carbocycles. The van der Waals surface area contributed by atoms with E-state index >= 15 is 0 Å². The minimum Gasteiger partial charge on any atom is -0.478 e. The van der Waals surface area contributed by atoms with E-state index in [9.17, 15) is 4.79 Å². The summed E-state index contributed by atoms with van der Waals surface area (Å²) in [5, 5.41) is 10.1. The van der Waals surface area contributed by atoms with Crippen LogP contribution in [-0.2, 0) is 10.5 Å². The molecule has 0 unspecified atom stereocenters. The topological polar surface area (TPSA) is 50.2 Å². The number of carboxylic acids is 1. The highest BCUT2D eigenvalue weighted by Gasteiger charge is 2.01. The molecular weight excluding hydrogens is 302 g/mol. The quantitative estimate of drug-likeness (QED) is 0.664. The van der Waals surface area contributed by atoms with Crippen molar-refractivity contribution in [3.05, 3.63) is 51.3 Å². The normalized spacial score (nSPS) is 11.0. The van der Waals surface area contributed by atoms with Gasteiger partial charge in [-0.3, -0.25) is 0 Å². The molecule has 2 heterocycles. The highest BCUT2D eigenvalue weighted by Crippen LogP contribution is 2.26. The van der Waals surface area contributed by atoms with Gasteiger partial charge >= 0.3 is 5.97 Å². The Morgan fingerprint density at radius 1 is 1.42 bits per heavy atom. The Balaban J connectivity index is 1.93. The second-order valence-corrected chi connectivity index (χ2v) is 6.21.